The summed E-state index contributed by atoms with van der Waals surface area (Å²) in [7, 11) is 0. The van der Waals surface area contributed by atoms with Crippen molar-refractivity contribution in [2.24, 2.45) is 17.8 Å². The Labute approximate surface area is 159 Å². The van der Waals surface area contributed by atoms with Gasteiger partial charge >= 0.3 is 5.97 Å². The van der Waals surface area contributed by atoms with Gasteiger partial charge in [0.05, 0.1) is 24.1 Å². The number of fused-ring (bicyclic) bond motifs is 1. The van der Waals surface area contributed by atoms with E-state index in [0.29, 0.717) is 11.6 Å². The summed E-state index contributed by atoms with van der Waals surface area (Å²) >= 11 is 0. The number of esters is 1. The first kappa shape index (κ1) is 18.2. The van der Waals surface area contributed by atoms with Gasteiger partial charge in [0.2, 0.25) is 11.8 Å². The summed E-state index contributed by atoms with van der Waals surface area (Å²) in [6, 6.07) is 8.11. The molecule has 0 aromatic heterocycles. The highest BCUT2D eigenvalue weighted by Crippen LogP contribution is 2.44. The lowest BCUT2D eigenvalue weighted by Crippen LogP contribution is -2.48. The Morgan fingerprint density at radius 2 is 1.74 bits per heavy atom. The van der Waals surface area contributed by atoms with Gasteiger partial charge in [-0.25, -0.2) is 4.90 Å². The third-order valence-electron chi connectivity index (χ3n) is 6.23. The zero-order valence-corrected chi connectivity index (χ0v) is 15.6. The summed E-state index contributed by atoms with van der Waals surface area (Å²) in [5, 5.41) is 3.34. The van der Waals surface area contributed by atoms with Crippen LogP contribution in [0.5, 0.6) is 0 Å². The van der Waals surface area contributed by atoms with Gasteiger partial charge in [-0.15, -0.1) is 0 Å². The van der Waals surface area contributed by atoms with Crippen molar-refractivity contribution in [2.45, 2.75) is 51.1 Å². The molecule has 2 heterocycles. The van der Waals surface area contributed by atoms with Crippen LogP contribution < -0.4 is 10.2 Å². The third-order valence-corrected chi connectivity index (χ3v) is 6.23. The Balaban J connectivity index is 1.68. The van der Waals surface area contributed by atoms with Crippen LogP contribution in [0.1, 0.15) is 39.0 Å². The minimum atomic E-state index is -0.743. The highest BCUT2D eigenvalue weighted by molar-refractivity contribution is 6.23. The maximum Gasteiger partial charge on any atom is 0.323 e. The molecule has 1 N–H and O–H groups in total. The monoisotopic (exact) mass is 370 g/mol. The number of imide groups is 1. The number of amides is 2. The fourth-order valence-corrected chi connectivity index (χ4v) is 5.06. The molecule has 1 aliphatic carbocycles. The molecule has 4 atom stereocenters. The molecule has 0 spiro atoms. The SMILES string of the molecule is CCOC(=O)[C@H]1N[C@@H](C2CCCCC2)[C@H]2C(=O)N(c3ccccc3)C(=O)[C@H]21. The van der Waals surface area contributed by atoms with Gasteiger partial charge in [-0.1, -0.05) is 37.5 Å². The second-order valence-corrected chi connectivity index (χ2v) is 7.72. The van der Waals surface area contributed by atoms with E-state index in [1.54, 1.807) is 19.1 Å². The smallest absolute Gasteiger partial charge is 0.323 e. The average molecular weight is 370 g/mol. The van der Waals surface area contributed by atoms with Crippen molar-refractivity contribution in [1.29, 1.82) is 0 Å². The van der Waals surface area contributed by atoms with Gasteiger partial charge in [0.1, 0.15) is 6.04 Å². The van der Waals surface area contributed by atoms with Crippen LogP contribution in [0.2, 0.25) is 0 Å². The van der Waals surface area contributed by atoms with Crippen molar-refractivity contribution in [2.75, 3.05) is 11.5 Å². The lowest BCUT2D eigenvalue weighted by atomic mass is 9.77. The summed E-state index contributed by atoms with van der Waals surface area (Å²) in [6.07, 6.45) is 5.54. The van der Waals surface area contributed by atoms with Crippen molar-refractivity contribution >= 4 is 23.5 Å². The predicted octanol–water partition coefficient (Wildman–Crippen LogP) is 2.28. The molecule has 6 nitrogen and oxygen atoms in total. The molecule has 6 heteroatoms. The van der Waals surface area contributed by atoms with Crippen molar-refractivity contribution in [3.8, 4) is 0 Å². The highest BCUT2D eigenvalue weighted by atomic mass is 16.5. The summed E-state index contributed by atoms with van der Waals surface area (Å²) in [5.41, 5.74) is 0.576. The molecule has 1 aromatic rings. The molecule has 0 unspecified atom stereocenters. The number of carbonyl (C=O) groups excluding carboxylic acids is 3. The zero-order valence-electron chi connectivity index (χ0n) is 15.6. The molecule has 1 saturated carbocycles. The third kappa shape index (κ3) is 3.06. The van der Waals surface area contributed by atoms with E-state index in [4.69, 9.17) is 4.74 Å². The van der Waals surface area contributed by atoms with Crippen LogP contribution >= 0.6 is 0 Å². The van der Waals surface area contributed by atoms with Gasteiger partial charge in [0.25, 0.3) is 0 Å². The summed E-state index contributed by atoms with van der Waals surface area (Å²) in [5.74, 6) is -1.76. The van der Waals surface area contributed by atoms with Gasteiger partial charge < -0.3 is 4.74 Å². The van der Waals surface area contributed by atoms with E-state index in [1.807, 2.05) is 18.2 Å². The van der Waals surface area contributed by atoms with E-state index in [0.717, 1.165) is 25.7 Å². The van der Waals surface area contributed by atoms with Crippen molar-refractivity contribution in [3.63, 3.8) is 0 Å². The number of nitrogens with zero attached hydrogens (tertiary/aromatic N) is 1. The molecule has 0 bridgehead atoms. The molecular formula is C21H26N2O4. The van der Waals surface area contributed by atoms with Crippen LogP contribution in [0.15, 0.2) is 30.3 Å². The Hall–Kier alpha value is -2.21. The first-order chi connectivity index (χ1) is 13.1. The lowest BCUT2D eigenvalue weighted by molar-refractivity contribution is -0.148. The van der Waals surface area contributed by atoms with Gasteiger partial charge in [-0.3, -0.25) is 19.7 Å². The Bertz CT molecular complexity index is 729. The molecule has 2 saturated heterocycles. The lowest BCUT2D eigenvalue weighted by Gasteiger charge is -2.31. The van der Waals surface area contributed by atoms with Gasteiger partial charge in [0.15, 0.2) is 0 Å². The maximum absolute atomic E-state index is 13.3. The number of anilines is 1. The van der Waals surface area contributed by atoms with E-state index in [2.05, 4.69) is 5.32 Å². The molecular weight excluding hydrogens is 344 g/mol. The second kappa shape index (κ2) is 7.43. The van der Waals surface area contributed by atoms with Gasteiger partial charge in [0, 0.05) is 6.04 Å². The van der Waals surface area contributed by atoms with E-state index < -0.39 is 23.8 Å². The normalized spacial score (nSPS) is 31.2. The standard InChI is InChI=1S/C21H26N2O4/c1-2-27-21(26)18-16-15(17(22-18)13-9-5-3-6-10-13)19(24)23(20(16)25)14-11-7-4-8-12-14/h4,7-8,11-13,15-18,22H,2-3,5-6,9-10H2,1H3/t15-,16+,17-,18-/m0/s1. The Morgan fingerprint density at radius 1 is 1.07 bits per heavy atom. The summed E-state index contributed by atoms with van der Waals surface area (Å²) in [6.45, 7) is 2.01. The predicted molar refractivity (Wildman–Crippen MR) is 99.8 cm³/mol. The van der Waals surface area contributed by atoms with E-state index in [1.165, 1.54) is 11.3 Å². The van der Waals surface area contributed by atoms with Crippen LogP contribution in [0, 0.1) is 17.8 Å². The van der Waals surface area contributed by atoms with Crippen LogP contribution in [-0.4, -0.2) is 36.5 Å². The number of rotatable bonds is 4. The molecule has 3 fully saturated rings. The minimum absolute atomic E-state index is 0.144. The maximum atomic E-state index is 13.3. The number of hydrogen-bond donors (Lipinski definition) is 1. The zero-order chi connectivity index (χ0) is 19.0. The number of benzene rings is 1. The molecule has 3 aliphatic rings. The molecule has 2 amide bonds. The van der Waals surface area contributed by atoms with Crippen molar-refractivity contribution in [3.05, 3.63) is 30.3 Å². The number of hydrogen-bond acceptors (Lipinski definition) is 5. The molecule has 0 radical (unpaired) electrons. The molecule has 4 rings (SSSR count). The largest absolute Gasteiger partial charge is 0.465 e. The van der Waals surface area contributed by atoms with Gasteiger partial charge in [-0.2, -0.15) is 0 Å². The van der Waals surface area contributed by atoms with E-state index in [9.17, 15) is 14.4 Å². The first-order valence-corrected chi connectivity index (χ1v) is 9.99. The van der Waals surface area contributed by atoms with Crippen LogP contribution in [0.3, 0.4) is 0 Å². The second-order valence-electron chi connectivity index (χ2n) is 7.72. The highest BCUT2D eigenvalue weighted by Gasteiger charge is 2.62. The van der Waals surface area contributed by atoms with Crippen molar-refractivity contribution in [1.82, 2.24) is 5.32 Å². The van der Waals surface area contributed by atoms with Crippen molar-refractivity contribution < 1.29 is 19.1 Å². The summed E-state index contributed by atoms with van der Waals surface area (Å²) in [4.78, 5) is 40.3. The molecule has 144 valence electrons. The Morgan fingerprint density at radius 3 is 2.41 bits per heavy atom. The number of para-hydroxylation sites is 1. The van der Waals surface area contributed by atoms with Crippen LogP contribution in [0.4, 0.5) is 5.69 Å². The molecule has 2 aliphatic heterocycles. The fourth-order valence-electron chi connectivity index (χ4n) is 5.06. The fraction of sp³-hybridized carbons (Fsp3) is 0.571. The number of ether oxygens (including phenoxy) is 1. The first-order valence-electron chi connectivity index (χ1n) is 9.99. The number of carbonyl (C=O) groups is 3. The van der Waals surface area contributed by atoms with Crippen LogP contribution in [-0.2, 0) is 19.1 Å². The topological polar surface area (TPSA) is 75.7 Å². The number of nitrogens with one attached hydrogen (secondary N) is 1. The van der Waals surface area contributed by atoms with Crippen LogP contribution in [0.25, 0.3) is 0 Å². The Kier molecular flexibility index (Phi) is 5.00. The molecule has 1 aromatic carbocycles. The van der Waals surface area contributed by atoms with Gasteiger partial charge in [-0.05, 0) is 37.8 Å². The summed E-state index contributed by atoms with van der Waals surface area (Å²) < 4.78 is 5.21. The van der Waals surface area contributed by atoms with E-state index in [-0.39, 0.29) is 24.5 Å². The molecule has 27 heavy (non-hydrogen) atoms. The van der Waals surface area contributed by atoms with E-state index >= 15 is 0 Å². The quantitative estimate of drug-likeness (QED) is 0.650. The average Bonchev–Trinajstić information content (AvgIpc) is 3.21. The minimum Gasteiger partial charge on any atom is -0.465 e.